The fourth-order valence-corrected chi connectivity index (χ4v) is 4.59. The molecule has 0 aliphatic heterocycles. The molecule has 7 nitrogen and oxygen atoms in total. The highest BCUT2D eigenvalue weighted by molar-refractivity contribution is 7.92. The van der Waals surface area contributed by atoms with Gasteiger partial charge in [-0.15, -0.1) is 0 Å². The summed E-state index contributed by atoms with van der Waals surface area (Å²) >= 11 is 6.31. The van der Waals surface area contributed by atoms with E-state index in [-0.39, 0.29) is 33.6 Å². The predicted molar refractivity (Wildman–Crippen MR) is 128 cm³/mol. The van der Waals surface area contributed by atoms with Crippen LogP contribution in [-0.2, 0) is 16.6 Å². The van der Waals surface area contributed by atoms with Gasteiger partial charge in [0.25, 0.3) is 15.9 Å². The van der Waals surface area contributed by atoms with Gasteiger partial charge < -0.3 is 9.88 Å². The van der Waals surface area contributed by atoms with Gasteiger partial charge in [0, 0.05) is 18.9 Å². The molecular weight excluding hydrogens is 460 g/mol. The van der Waals surface area contributed by atoms with E-state index >= 15 is 0 Å². The summed E-state index contributed by atoms with van der Waals surface area (Å²) in [7, 11) is -3.77. The zero-order valence-electron chi connectivity index (χ0n) is 17.7. The molecule has 0 saturated carbocycles. The molecule has 0 spiro atoms. The lowest BCUT2D eigenvalue weighted by atomic mass is 10.1. The Kier molecular flexibility index (Phi) is 6.48. The van der Waals surface area contributed by atoms with E-state index in [2.05, 4.69) is 15.0 Å². The van der Waals surface area contributed by atoms with Crippen LogP contribution in [0.1, 0.15) is 21.5 Å². The van der Waals surface area contributed by atoms with Crippen molar-refractivity contribution >= 4 is 33.2 Å². The standard InChI is InChI=1S/C24H21ClN4O3S/c1-17-6-9-20(10-7-17)33(31,32)28-19-8-11-21(22(25)14-19)24(30)27-15-18-4-2-3-5-23(18)29-13-12-26-16-29/h2-14,16,28H,15H2,1H3,(H,27,30). The van der Waals surface area contributed by atoms with E-state index in [9.17, 15) is 13.2 Å². The number of hydrogen-bond donors (Lipinski definition) is 2. The predicted octanol–water partition coefficient (Wildman–Crippen LogP) is 4.56. The number of sulfonamides is 1. The van der Waals surface area contributed by atoms with E-state index < -0.39 is 10.0 Å². The molecule has 0 aliphatic carbocycles. The molecule has 1 heterocycles. The van der Waals surface area contributed by atoms with Crippen molar-refractivity contribution < 1.29 is 13.2 Å². The van der Waals surface area contributed by atoms with E-state index in [1.54, 1.807) is 24.7 Å². The normalized spacial score (nSPS) is 11.2. The van der Waals surface area contributed by atoms with Gasteiger partial charge in [-0.1, -0.05) is 47.5 Å². The Balaban J connectivity index is 1.46. The average Bonchev–Trinajstić information content (AvgIpc) is 3.32. The van der Waals surface area contributed by atoms with Gasteiger partial charge in [-0.2, -0.15) is 0 Å². The van der Waals surface area contributed by atoms with Gasteiger partial charge in [0.1, 0.15) is 0 Å². The second kappa shape index (κ2) is 9.48. The zero-order valence-corrected chi connectivity index (χ0v) is 19.3. The summed E-state index contributed by atoms with van der Waals surface area (Å²) < 4.78 is 29.5. The number of nitrogens with zero attached hydrogens (tertiary/aromatic N) is 2. The smallest absolute Gasteiger partial charge is 0.261 e. The number of imidazole rings is 1. The number of benzene rings is 3. The van der Waals surface area contributed by atoms with Crippen LogP contribution in [0.25, 0.3) is 5.69 Å². The summed E-state index contributed by atoms with van der Waals surface area (Å²) in [5.74, 6) is -0.367. The number of hydrogen-bond acceptors (Lipinski definition) is 4. The Morgan fingerprint density at radius 3 is 2.52 bits per heavy atom. The molecule has 1 aromatic heterocycles. The number of aryl methyl sites for hydroxylation is 1. The summed E-state index contributed by atoms with van der Waals surface area (Å²) in [6, 6.07) is 18.6. The lowest BCUT2D eigenvalue weighted by molar-refractivity contribution is 0.0951. The summed E-state index contributed by atoms with van der Waals surface area (Å²) in [5.41, 5.74) is 3.28. The molecule has 2 N–H and O–H groups in total. The van der Waals surface area contributed by atoms with Crippen molar-refractivity contribution in [2.45, 2.75) is 18.4 Å². The Labute approximate surface area is 197 Å². The average molecular weight is 481 g/mol. The van der Waals surface area contributed by atoms with Gasteiger partial charge in [-0.05, 0) is 48.9 Å². The third kappa shape index (κ3) is 5.24. The minimum atomic E-state index is -3.77. The third-order valence-corrected chi connectivity index (χ3v) is 6.72. The first-order valence-corrected chi connectivity index (χ1v) is 11.9. The van der Waals surface area contributed by atoms with Gasteiger partial charge in [0.2, 0.25) is 0 Å². The second-order valence-corrected chi connectivity index (χ2v) is 9.48. The topological polar surface area (TPSA) is 93.1 Å². The van der Waals surface area contributed by atoms with E-state index in [4.69, 9.17) is 11.6 Å². The molecule has 33 heavy (non-hydrogen) atoms. The summed E-state index contributed by atoms with van der Waals surface area (Å²) in [6.07, 6.45) is 5.20. The first kappa shape index (κ1) is 22.6. The van der Waals surface area contributed by atoms with Crippen LogP contribution in [0.5, 0.6) is 0 Å². The number of carbonyl (C=O) groups excluding carboxylic acids is 1. The number of aromatic nitrogens is 2. The maximum Gasteiger partial charge on any atom is 0.261 e. The number of anilines is 1. The zero-order chi connectivity index (χ0) is 23.4. The highest BCUT2D eigenvalue weighted by Crippen LogP contribution is 2.24. The van der Waals surface area contributed by atoms with Crippen molar-refractivity contribution in [3.05, 3.63) is 107 Å². The molecule has 9 heteroatoms. The van der Waals surface area contributed by atoms with Gasteiger partial charge in [-0.3, -0.25) is 9.52 Å². The number of amides is 1. The quantitative estimate of drug-likeness (QED) is 0.405. The lowest BCUT2D eigenvalue weighted by Crippen LogP contribution is -2.24. The summed E-state index contributed by atoms with van der Waals surface area (Å²) in [4.78, 5) is 16.9. The van der Waals surface area contributed by atoms with Crippen LogP contribution in [0.3, 0.4) is 0 Å². The Bertz CT molecular complexity index is 1390. The fourth-order valence-electron chi connectivity index (χ4n) is 3.28. The Hall–Kier alpha value is -3.62. The van der Waals surface area contributed by atoms with Crippen molar-refractivity contribution in [1.82, 2.24) is 14.9 Å². The molecule has 0 atom stereocenters. The van der Waals surface area contributed by atoms with Gasteiger partial charge in [0.05, 0.1) is 33.2 Å². The van der Waals surface area contributed by atoms with E-state index in [0.717, 1.165) is 16.8 Å². The van der Waals surface area contributed by atoms with Crippen LogP contribution in [0.15, 0.2) is 90.3 Å². The molecule has 1 amide bonds. The largest absolute Gasteiger partial charge is 0.348 e. The van der Waals surface area contributed by atoms with Crippen molar-refractivity contribution in [3.8, 4) is 5.69 Å². The van der Waals surface area contributed by atoms with Gasteiger partial charge >= 0.3 is 0 Å². The van der Waals surface area contributed by atoms with Crippen LogP contribution in [0.4, 0.5) is 5.69 Å². The van der Waals surface area contributed by atoms with Crippen LogP contribution in [0, 0.1) is 6.92 Å². The van der Waals surface area contributed by atoms with Crippen molar-refractivity contribution in [2.75, 3.05) is 4.72 Å². The minimum Gasteiger partial charge on any atom is -0.348 e. The Morgan fingerprint density at radius 2 is 1.82 bits per heavy atom. The van der Waals surface area contributed by atoms with Gasteiger partial charge in [0.15, 0.2) is 0 Å². The minimum absolute atomic E-state index is 0.138. The monoisotopic (exact) mass is 480 g/mol. The van der Waals surface area contributed by atoms with Crippen LogP contribution in [0.2, 0.25) is 5.02 Å². The molecule has 168 valence electrons. The first-order valence-electron chi connectivity index (χ1n) is 10.1. The molecule has 3 aromatic carbocycles. The second-order valence-electron chi connectivity index (χ2n) is 7.39. The van der Waals surface area contributed by atoms with E-state index in [1.807, 2.05) is 42.0 Å². The van der Waals surface area contributed by atoms with Crippen LogP contribution in [-0.4, -0.2) is 23.9 Å². The first-order chi connectivity index (χ1) is 15.8. The number of carbonyl (C=O) groups is 1. The highest BCUT2D eigenvalue weighted by Gasteiger charge is 2.16. The van der Waals surface area contributed by atoms with E-state index in [1.165, 1.54) is 30.3 Å². The number of para-hydroxylation sites is 1. The molecule has 4 aromatic rings. The molecule has 0 saturated heterocycles. The molecular formula is C24H21ClN4O3S. The fraction of sp³-hybridized carbons (Fsp3) is 0.0833. The highest BCUT2D eigenvalue weighted by atomic mass is 35.5. The van der Waals surface area contributed by atoms with E-state index in [0.29, 0.717) is 0 Å². The maximum absolute atomic E-state index is 12.7. The lowest BCUT2D eigenvalue weighted by Gasteiger charge is -2.13. The van der Waals surface area contributed by atoms with Crippen LogP contribution >= 0.6 is 11.6 Å². The van der Waals surface area contributed by atoms with Gasteiger partial charge in [-0.25, -0.2) is 13.4 Å². The molecule has 0 bridgehead atoms. The maximum atomic E-state index is 12.7. The van der Waals surface area contributed by atoms with Crippen molar-refractivity contribution in [1.29, 1.82) is 0 Å². The molecule has 0 radical (unpaired) electrons. The third-order valence-electron chi connectivity index (χ3n) is 5.01. The van der Waals surface area contributed by atoms with Crippen molar-refractivity contribution in [3.63, 3.8) is 0 Å². The molecule has 0 aliphatic rings. The summed E-state index contributed by atoms with van der Waals surface area (Å²) in [6.45, 7) is 2.16. The summed E-state index contributed by atoms with van der Waals surface area (Å²) in [5, 5.41) is 3.00. The molecule has 4 rings (SSSR count). The number of rotatable bonds is 7. The molecule has 0 fully saturated rings. The van der Waals surface area contributed by atoms with Crippen LogP contribution < -0.4 is 10.0 Å². The van der Waals surface area contributed by atoms with Crippen molar-refractivity contribution in [2.24, 2.45) is 0 Å². The molecule has 0 unspecified atom stereocenters. The number of halogens is 1. The SMILES string of the molecule is Cc1ccc(S(=O)(=O)Nc2ccc(C(=O)NCc3ccccc3-n3ccnc3)c(Cl)c2)cc1. The Morgan fingerprint density at radius 1 is 1.06 bits per heavy atom. The number of nitrogens with one attached hydrogen (secondary N) is 2.